The van der Waals surface area contributed by atoms with Gasteiger partial charge in [-0.15, -0.1) is 0 Å². The van der Waals surface area contributed by atoms with Crippen LogP contribution in [0, 0.1) is 0 Å². The van der Waals surface area contributed by atoms with Gasteiger partial charge in [0.25, 0.3) is 5.56 Å². The number of nitrogens with zero attached hydrogens (tertiary/aromatic N) is 3. The largest absolute Gasteiger partial charge is 0.481 e. The molecule has 0 aliphatic carbocycles. The lowest BCUT2D eigenvalue weighted by Gasteiger charge is -2.28. The number of morpholine rings is 1. The number of carbonyl (C=O) groups is 1. The monoisotopic (exact) mass is 253 g/mol. The van der Waals surface area contributed by atoms with Crippen LogP contribution in [-0.4, -0.2) is 46.9 Å². The van der Waals surface area contributed by atoms with Crippen molar-refractivity contribution < 1.29 is 14.6 Å². The van der Waals surface area contributed by atoms with Gasteiger partial charge in [-0.25, -0.2) is 4.98 Å². The number of carboxylic acid groups (broad SMARTS) is 1. The maximum absolute atomic E-state index is 11.8. The van der Waals surface area contributed by atoms with Crippen molar-refractivity contribution in [2.75, 3.05) is 31.2 Å². The van der Waals surface area contributed by atoms with Gasteiger partial charge in [0.15, 0.2) is 0 Å². The molecule has 0 unspecified atom stereocenters. The second-order valence-corrected chi connectivity index (χ2v) is 4.10. The molecule has 18 heavy (non-hydrogen) atoms. The summed E-state index contributed by atoms with van der Waals surface area (Å²) >= 11 is 0. The molecule has 0 atom stereocenters. The van der Waals surface area contributed by atoms with E-state index in [4.69, 9.17) is 9.84 Å². The molecule has 7 nitrogen and oxygen atoms in total. The number of aromatic nitrogens is 2. The molecule has 0 spiro atoms. The van der Waals surface area contributed by atoms with Crippen LogP contribution in [0.4, 0.5) is 5.82 Å². The summed E-state index contributed by atoms with van der Waals surface area (Å²) in [5.74, 6) is -0.217. The van der Waals surface area contributed by atoms with Gasteiger partial charge < -0.3 is 14.7 Å². The molecule has 0 aromatic carbocycles. The van der Waals surface area contributed by atoms with Crippen LogP contribution >= 0.6 is 0 Å². The lowest BCUT2D eigenvalue weighted by Crippen LogP contribution is -2.38. The van der Waals surface area contributed by atoms with Gasteiger partial charge in [-0.05, 0) is 0 Å². The van der Waals surface area contributed by atoms with Crippen LogP contribution < -0.4 is 10.5 Å². The Morgan fingerprint density at radius 2 is 2.17 bits per heavy atom. The summed E-state index contributed by atoms with van der Waals surface area (Å²) in [5.41, 5.74) is -0.247. The second kappa shape index (κ2) is 5.18. The first kappa shape index (κ1) is 12.6. The standard InChI is InChI=1S/C11H15N3O4/c1-13-8(7-11(16)17)12-9(6-10(13)15)14-2-4-18-5-3-14/h6H,2-5,7H2,1H3,(H,16,17). The Labute approximate surface area is 104 Å². The van der Waals surface area contributed by atoms with Gasteiger partial charge in [0.1, 0.15) is 18.1 Å². The van der Waals surface area contributed by atoms with Gasteiger partial charge in [-0.1, -0.05) is 0 Å². The maximum atomic E-state index is 11.8. The molecule has 1 aliphatic heterocycles. The van der Waals surface area contributed by atoms with Crippen molar-refractivity contribution in [3.8, 4) is 0 Å². The van der Waals surface area contributed by atoms with Crippen LogP contribution in [0.5, 0.6) is 0 Å². The number of rotatable bonds is 3. The molecule has 2 heterocycles. The molecule has 0 amide bonds. The van der Waals surface area contributed by atoms with Crippen LogP contribution in [-0.2, 0) is 23.0 Å². The Morgan fingerprint density at radius 1 is 1.50 bits per heavy atom. The fraction of sp³-hybridized carbons (Fsp3) is 0.545. The van der Waals surface area contributed by atoms with E-state index in [-0.39, 0.29) is 17.8 Å². The van der Waals surface area contributed by atoms with E-state index in [0.717, 1.165) is 0 Å². The quantitative estimate of drug-likeness (QED) is 0.762. The van der Waals surface area contributed by atoms with Gasteiger partial charge in [0.05, 0.1) is 13.2 Å². The predicted molar refractivity (Wildman–Crippen MR) is 63.8 cm³/mol. The maximum Gasteiger partial charge on any atom is 0.311 e. The fourth-order valence-corrected chi connectivity index (χ4v) is 1.82. The smallest absolute Gasteiger partial charge is 0.311 e. The number of hydrogen-bond donors (Lipinski definition) is 1. The average molecular weight is 253 g/mol. The van der Waals surface area contributed by atoms with Gasteiger partial charge in [-0.3, -0.25) is 14.2 Å². The van der Waals surface area contributed by atoms with Crippen LogP contribution in [0.15, 0.2) is 10.9 Å². The number of anilines is 1. The molecule has 1 fully saturated rings. The highest BCUT2D eigenvalue weighted by Crippen LogP contribution is 2.11. The second-order valence-electron chi connectivity index (χ2n) is 4.10. The third-order valence-electron chi connectivity index (χ3n) is 2.86. The molecule has 1 aromatic heterocycles. The minimum atomic E-state index is -1.00. The van der Waals surface area contributed by atoms with E-state index in [1.807, 2.05) is 4.90 Å². The Balaban J connectivity index is 2.33. The van der Waals surface area contributed by atoms with Crippen LogP contribution in [0.25, 0.3) is 0 Å². The zero-order valence-corrected chi connectivity index (χ0v) is 10.1. The Hall–Kier alpha value is -1.89. The first-order valence-electron chi connectivity index (χ1n) is 5.69. The van der Waals surface area contributed by atoms with E-state index in [9.17, 15) is 9.59 Å². The van der Waals surface area contributed by atoms with Crippen molar-refractivity contribution in [1.82, 2.24) is 9.55 Å². The number of aliphatic carboxylic acids is 1. The summed E-state index contributed by atoms with van der Waals surface area (Å²) < 4.78 is 6.49. The summed E-state index contributed by atoms with van der Waals surface area (Å²) in [7, 11) is 1.52. The van der Waals surface area contributed by atoms with Gasteiger partial charge in [0.2, 0.25) is 0 Å². The van der Waals surface area contributed by atoms with E-state index >= 15 is 0 Å². The minimum absolute atomic E-state index is 0.247. The van der Waals surface area contributed by atoms with Gasteiger partial charge >= 0.3 is 5.97 Å². The summed E-state index contributed by atoms with van der Waals surface area (Å²) in [6, 6.07) is 1.43. The third-order valence-corrected chi connectivity index (χ3v) is 2.86. The summed E-state index contributed by atoms with van der Waals surface area (Å²) in [6.45, 7) is 2.50. The van der Waals surface area contributed by atoms with E-state index in [1.54, 1.807) is 0 Å². The van der Waals surface area contributed by atoms with Crippen molar-refractivity contribution >= 4 is 11.8 Å². The predicted octanol–water partition coefficient (Wildman–Crippen LogP) is -0.756. The highest BCUT2D eigenvalue weighted by atomic mass is 16.5. The van der Waals surface area contributed by atoms with Crippen molar-refractivity contribution in [2.24, 2.45) is 7.05 Å². The topological polar surface area (TPSA) is 84.7 Å². The molecule has 1 N–H and O–H groups in total. The molecule has 2 rings (SSSR count). The molecule has 1 aliphatic rings. The van der Waals surface area contributed by atoms with Gasteiger partial charge in [-0.2, -0.15) is 0 Å². The molecular formula is C11H15N3O4. The first-order valence-corrected chi connectivity index (χ1v) is 5.69. The number of hydrogen-bond acceptors (Lipinski definition) is 5. The molecular weight excluding hydrogens is 238 g/mol. The van der Waals surface area contributed by atoms with E-state index in [0.29, 0.717) is 32.1 Å². The fourth-order valence-electron chi connectivity index (χ4n) is 1.82. The average Bonchev–Trinajstić information content (AvgIpc) is 2.35. The van der Waals surface area contributed by atoms with E-state index < -0.39 is 5.97 Å². The molecule has 0 saturated carbocycles. The lowest BCUT2D eigenvalue weighted by molar-refractivity contribution is -0.136. The minimum Gasteiger partial charge on any atom is -0.481 e. The highest BCUT2D eigenvalue weighted by Gasteiger charge is 2.16. The van der Waals surface area contributed by atoms with E-state index in [1.165, 1.54) is 17.7 Å². The Morgan fingerprint density at radius 3 is 2.78 bits per heavy atom. The van der Waals surface area contributed by atoms with Crippen LogP contribution in [0.1, 0.15) is 5.82 Å². The van der Waals surface area contributed by atoms with E-state index in [2.05, 4.69) is 4.98 Å². The number of ether oxygens (including phenoxy) is 1. The Bertz CT molecular complexity index is 506. The van der Waals surface area contributed by atoms with Crippen LogP contribution in [0.3, 0.4) is 0 Å². The van der Waals surface area contributed by atoms with Crippen molar-refractivity contribution in [2.45, 2.75) is 6.42 Å². The molecule has 0 radical (unpaired) electrons. The zero-order valence-electron chi connectivity index (χ0n) is 10.1. The van der Waals surface area contributed by atoms with Crippen molar-refractivity contribution in [3.63, 3.8) is 0 Å². The summed E-state index contributed by atoms with van der Waals surface area (Å²) in [4.78, 5) is 28.7. The SMILES string of the molecule is Cn1c(CC(=O)O)nc(N2CCOCC2)cc1=O. The van der Waals surface area contributed by atoms with Crippen molar-refractivity contribution in [3.05, 3.63) is 22.2 Å². The normalized spacial score (nSPS) is 15.7. The molecule has 7 heteroatoms. The first-order chi connectivity index (χ1) is 8.58. The zero-order chi connectivity index (χ0) is 13.1. The molecule has 98 valence electrons. The third kappa shape index (κ3) is 2.67. The van der Waals surface area contributed by atoms with Crippen molar-refractivity contribution in [1.29, 1.82) is 0 Å². The lowest BCUT2D eigenvalue weighted by atomic mass is 10.3. The Kier molecular flexibility index (Phi) is 3.61. The molecule has 1 aromatic rings. The summed E-state index contributed by atoms with van der Waals surface area (Å²) in [5, 5.41) is 8.79. The molecule has 1 saturated heterocycles. The molecule has 0 bridgehead atoms. The van der Waals surface area contributed by atoms with Crippen LogP contribution in [0.2, 0.25) is 0 Å². The number of carboxylic acids is 1. The highest BCUT2D eigenvalue weighted by molar-refractivity contribution is 5.69. The summed E-state index contributed by atoms with van der Waals surface area (Å²) in [6.07, 6.45) is -0.260. The van der Waals surface area contributed by atoms with Gasteiger partial charge in [0, 0.05) is 26.2 Å².